The monoisotopic (exact) mass is 226 g/mol. The Morgan fingerprint density at radius 1 is 1.53 bits per heavy atom. The molecule has 1 aliphatic rings. The van der Waals surface area contributed by atoms with Crippen LogP contribution in [0.3, 0.4) is 0 Å². The molecule has 2 rings (SSSR count). The minimum Gasteiger partial charge on any atom is -0.299 e. The second-order valence-electron chi connectivity index (χ2n) is 4.37. The van der Waals surface area contributed by atoms with Crippen molar-refractivity contribution in [1.29, 1.82) is 0 Å². The molecule has 0 radical (unpaired) electrons. The van der Waals surface area contributed by atoms with E-state index in [1.54, 1.807) is 12.1 Å². The second-order valence-corrected chi connectivity index (χ2v) is 4.78. The molecule has 1 nitrogen and oxygen atoms in total. The van der Waals surface area contributed by atoms with E-state index in [2.05, 4.69) is 0 Å². The first-order chi connectivity index (χ1) is 7.03. The van der Waals surface area contributed by atoms with E-state index in [-0.39, 0.29) is 22.6 Å². The number of Topliss-reactive ketones (excluding diaryl/α,β-unsaturated/α-hetero) is 1. The molecule has 1 aliphatic carbocycles. The van der Waals surface area contributed by atoms with Crippen molar-refractivity contribution in [2.45, 2.75) is 26.2 Å². The first-order valence-electron chi connectivity index (χ1n) is 4.99. The van der Waals surface area contributed by atoms with Crippen molar-refractivity contribution >= 4 is 17.4 Å². The number of benzene rings is 1. The van der Waals surface area contributed by atoms with Crippen LogP contribution in [0.1, 0.15) is 25.3 Å². The van der Waals surface area contributed by atoms with Crippen LogP contribution in [0.4, 0.5) is 4.39 Å². The summed E-state index contributed by atoms with van der Waals surface area (Å²) in [6, 6.07) is 4.78. The molecule has 80 valence electrons. The molecule has 0 heterocycles. The Morgan fingerprint density at radius 3 is 2.80 bits per heavy atom. The molecular weight excluding hydrogens is 215 g/mol. The third-order valence-corrected chi connectivity index (χ3v) is 3.35. The molecule has 1 aromatic carbocycles. The summed E-state index contributed by atoms with van der Waals surface area (Å²) in [6.45, 7) is 1.93. The maximum absolute atomic E-state index is 13.5. The fourth-order valence-corrected chi connectivity index (χ4v) is 1.73. The van der Waals surface area contributed by atoms with Crippen LogP contribution in [-0.4, -0.2) is 5.78 Å². The Balaban J connectivity index is 2.17. The van der Waals surface area contributed by atoms with Crippen molar-refractivity contribution < 1.29 is 9.18 Å². The third kappa shape index (κ3) is 2.05. The Labute approximate surface area is 93.2 Å². The number of carbonyl (C=O) groups excluding carboxylic acids is 1. The molecule has 1 aromatic rings. The van der Waals surface area contributed by atoms with E-state index in [0.717, 1.165) is 12.8 Å². The van der Waals surface area contributed by atoms with Crippen LogP contribution in [0.25, 0.3) is 0 Å². The summed E-state index contributed by atoms with van der Waals surface area (Å²) in [6.07, 6.45) is 2.00. The third-order valence-electron chi connectivity index (χ3n) is 3.06. The van der Waals surface area contributed by atoms with Crippen molar-refractivity contribution in [2.24, 2.45) is 5.41 Å². The average Bonchev–Trinajstić information content (AvgIpc) is 2.93. The number of carbonyl (C=O) groups is 1. The summed E-state index contributed by atoms with van der Waals surface area (Å²) in [5.74, 6) is -0.347. The van der Waals surface area contributed by atoms with Gasteiger partial charge in [-0.05, 0) is 24.5 Å². The molecule has 0 spiro atoms. The molecule has 3 heteroatoms. The van der Waals surface area contributed by atoms with Gasteiger partial charge in [-0.2, -0.15) is 0 Å². The predicted molar refractivity (Wildman–Crippen MR) is 57.5 cm³/mol. The molecule has 15 heavy (non-hydrogen) atoms. The lowest BCUT2D eigenvalue weighted by molar-refractivity contribution is -0.122. The van der Waals surface area contributed by atoms with E-state index < -0.39 is 5.82 Å². The number of hydrogen-bond donors (Lipinski definition) is 0. The van der Waals surface area contributed by atoms with Gasteiger partial charge >= 0.3 is 0 Å². The predicted octanol–water partition coefficient (Wildman–Crippen LogP) is 3.39. The molecule has 1 fully saturated rings. The minimum atomic E-state index is -0.461. The quantitative estimate of drug-likeness (QED) is 0.772. The Hall–Kier alpha value is -0.890. The molecule has 0 unspecified atom stereocenters. The van der Waals surface area contributed by atoms with E-state index in [0.29, 0.717) is 5.56 Å². The van der Waals surface area contributed by atoms with Gasteiger partial charge in [0.25, 0.3) is 0 Å². The Bertz CT molecular complexity index is 410. The normalized spacial score (nSPS) is 17.5. The maximum Gasteiger partial charge on any atom is 0.145 e. The van der Waals surface area contributed by atoms with Gasteiger partial charge in [0.2, 0.25) is 0 Å². The fourth-order valence-electron chi connectivity index (χ4n) is 1.54. The zero-order valence-corrected chi connectivity index (χ0v) is 9.27. The van der Waals surface area contributed by atoms with Gasteiger partial charge in [-0.25, -0.2) is 4.39 Å². The highest BCUT2D eigenvalue weighted by atomic mass is 35.5. The smallest absolute Gasteiger partial charge is 0.145 e. The Morgan fingerprint density at radius 2 is 2.20 bits per heavy atom. The van der Waals surface area contributed by atoms with E-state index in [4.69, 9.17) is 11.6 Å². The standard InChI is InChI=1S/C12H12ClFO/c1-12(5-6-12)10(15)7-8-3-2-4-9(13)11(8)14/h2-4H,5-7H2,1H3. The van der Waals surface area contributed by atoms with Gasteiger partial charge in [0.05, 0.1) is 5.02 Å². The number of hydrogen-bond acceptors (Lipinski definition) is 1. The van der Waals surface area contributed by atoms with E-state index in [9.17, 15) is 9.18 Å². The first kappa shape index (κ1) is 10.6. The van der Waals surface area contributed by atoms with E-state index in [1.165, 1.54) is 6.07 Å². The van der Waals surface area contributed by atoms with Gasteiger partial charge in [0.15, 0.2) is 0 Å². The van der Waals surface area contributed by atoms with Gasteiger partial charge in [-0.3, -0.25) is 4.79 Å². The highest BCUT2D eigenvalue weighted by Crippen LogP contribution is 2.46. The van der Waals surface area contributed by atoms with Gasteiger partial charge in [-0.15, -0.1) is 0 Å². The van der Waals surface area contributed by atoms with Crippen LogP contribution in [-0.2, 0) is 11.2 Å². The van der Waals surface area contributed by atoms with Crippen molar-refractivity contribution in [3.05, 3.63) is 34.6 Å². The largest absolute Gasteiger partial charge is 0.299 e. The average molecular weight is 227 g/mol. The lowest BCUT2D eigenvalue weighted by Crippen LogP contribution is -2.15. The molecular formula is C12H12ClFO. The van der Waals surface area contributed by atoms with Gasteiger partial charge in [-0.1, -0.05) is 30.7 Å². The zero-order chi connectivity index (χ0) is 11.1. The number of rotatable bonds is 3. The van der Waals surface area contributed by atoms with Crippen molar-refractivity contribution in [1.82, 2.24) is 0 Å². The second kappa shape index (κ2) is 3.60. The fraction of sp³-hybridized carbons (Fsp3) is 0.417. The van der Waals surface area contributed by atoms with Crippen molar-refractivity contribution in [3.63, 3.8) is 0 Å². The maximum atomic E-state index is 13.5. The summed E-state index contributed by atoms with van der Waals surface area (Å²) >= 11 is 5.64. The van der Waals surface area contributed by atoms with Crippen LogP contribution in [0, 0.1) is 11.2 Å². The first-order valence-corrected chi connectivity index (χ1v) is 5.37. The van der Waals surface area contributed by atoms with E-state index >= 15 is 0 Å². The van der Waals surface area contributed by atoms with Crippen LogP contribution in [0.2, 0.25) is 5.02 Å². The van der Waals surface area contributed by atoms with Gasteiger partial charge in [0, 0.05) is 11.8 Å². The number of halogens is 2. The summed E-state index contributed by atoms with van der Waals surface area (Å²) < 4.78 is 13.5. The summed E-state index contributed by atoms with van der Waals surface area (Å²) in [5.41, 5.74) is 0.204. The van der Waals surface area contributed by atoms with Crippen LogP contribution in [0.15, 0.2) is 18.2 Å². The molecule has 1 saturated carbocycles. The van der Waals surface area contributed by atoms with Crippen LogP contribution >= 0.6 is 11.6 Å². The zero-order valence-electron chi connectivity index (χ0n) is 8.52. The lowest BCUT2D eigenvalue weighted by Gasteiger charge is -2.08. The minimum absolute atomic E-state index is 0.0845. The van der Waals surface area contributed by atoms with Crippen LogP contribution in [0.5, 0.6) is 0 Å². The molecule has 0 aliphatic heterocycles. The molecule has 0 aromatic heterocycles. The van der Waals surface area contributed by atoms with Crippen LogP contribution < -0.4 is 0 Å². The summed E-state index contributed by atoms with van der Waals surface area (Å²) in [4.78, 5) is 11.8. The summed E-state index contributed by atoms with van der Waals surface area (Å²) in [5, 5.41) is 0.0845. The molecule has 0 N–H and O–H groups in total. The van der Waals surface area contributed by atoms with Crippen molar-refractivity contribution in [3.8, 4) is 0 Å². The van der Waals surface area contributed by atoms with E-state index in [1.807, 2.05) is 6.92 Å². The summed E-state index contributed by atoms with van der Waals surface area (Å²) in [7, 11) is 0. The number of ketones is 1. The molecule has 0 saturated heterocycles. The SMILES string of the molecule is CC1(C(=O)Cc2cccc(Cl)c2F)CC1. The topological polar surface area (TPSA) is 17.1 Å². The molecule has 0 bridgehead atoms. The van der Waals surface area contributed by atoms with Gasteiger partial charge < -0.3 is 0 Å². The highest BCUT2D eigenvalue weighted by molar-refractivity contribution is 6.30. The van der Waals surface area contributed by atoms with Crippen molar-refractivity contribution in [2.75, 3.05) is 0 Å². The molecule has 0 amide bonds. The lowest BCUT2D eigenvalue weighted by atomic mass is 9.97. The van der Waals surface area contributed by atoms with Gasteiger partial charge in [0.1, 0.15) is 11.6 Å². The Kier molecular flexibility index (Phi) is 2.55. The molecule has 0 atom stereocenters. The highest BCUT2D eigenvalue weighted by Gasteiger charge is 2.44.